The van der Waals surface area contributed by atoms with Crippen molar-refractivity contribution < 1.29 is 4.79 Å². The summed E-state index contributed by atoms with van der Waals surface area (Å²) in [5, 5.41) is 0. The standard InChI is InChI=1S/C10H15O/c11-8-10-5-1-3-9(7-10)4-2-6-10/h9H,1-7H2. The average Bonchev–Trinajstić information content (AvgIpc) is 2.05. The highest BCUT2D eigenvalue weighted by Crippen LogP contribution is 2.47. The third kappa shape index (κ3) is 1.21. The summed E-state index contributed by atoms with van der Waals surface area (Å²) in [4.78, 5) is 10.8. The van der Waals surface area contributed by atoms with Gasteiger partial charge in [0.05, 0.1) is 0 Å². The summed E-state index contributed by atoms with van der Waals surface area (Å²) in [7, 11) is 0. The first-order valence-corrected chi connectivity index (χ1v) is 4.74. The first-order valence-electron chi connectivity index (χ1n) is 4.74. The fraction of sp³-hybridized carbons (Fsp3) is 0.900. The monoisotopic (exact) mass is 151 g/mol. The van der Waals surface area contributed by atoms with Gasteiger partial charge < -0.3 is 0 Å². The van der Waals surface area contributed by atoms with E-state index in [1.165, 1.54) is 25.7 Å². The number of hydrogen-bond acceptors (Lipinski definition) is 1. The molecule has 2 fully saturated rings. The van der Waals surface area contributed by atoms with E-state index in [9.17, 15) is 4.79 Å². The Morgan fingerprint density at radius 2 is 1.82 bits per heavy atom. The highest BCUT2D eigenvalue weighted by Gasteiger charge is 2.39. The molecule has 2 bridgehead atoms. The fourth-order valence-electron chi connectivity index (χ4n) is 2.83. The van der Waals surface area contributed by atoms with Gasteiger partial charge in [0.1, 0.15) is 0 Å². The molecule has 0 aromatic heterocycles. The normalized spacial score (nSPS) is 43.5. The van der Waals surface area contributed by atoms with Crippen molar-refractivity contribution in [3.8, 4) is 0 Å². The van der Waals surface area contributed by atoms with Gasteiger partial charge in [-0.15, -0.1) is 0 Å². The summed E-state index contributed by atoms with van der Waals surface area (Å²) in [5.41, 5.74) is 0.0150. The lowest BCUT2D eigenvalue weighted by Gasteiger charge is -2.40. The Hall–Kier alpha value is -0.330. The van der Waals surface area contributed by atoms with Gasteiger partial charge in [-0.3, -0.25) is 4.79 Å². The van der Waals surface area contributed by atoms with E-state index in [0.29, 0.717) is 0 Å². The SMILES string of the molecule is O=[C]C12CCCC(CCC1)C2. The minimum atomic E-state index is 0.0150. The minimum Gasteiger partial charge on any atom is -0.290 e. The van der Waals surface area contributed by atoms with Crippen LogP contribution in [0.2, 0.25) is 0 Å². The molecule has 1 heteroatoms. The predicted molar refractivity (Wildman–Crippen MR) is 43.9 cm³/mol. The van der Waals surface area contributed by atoms with Gasteiger partial charge in [0, 0.05) is 5.41 Å². The second-order valence-corrected chi connectivity index (χ2v) is 4.24. The molecule has 2 aliphatic carbocycles. The molecular formula is C10H15O. The van der Waals surface area contributed by atoms with Gasteiger partial charge >= 0.3 is 0 Å². The summed E-state index contributed by atoms with van der Waals surface area (Å²) < 4.78 is 0. The summed E-state index contributed by atoms with van der Waals surface area (Å²) in [6.45, 7) is 0. The molecule has 0 atom stereocenters. The second-order valence-electron chi connectivity index (χ2n) is 4.24. The zero-order valence-corrected chi connectivity index (χ0v) is 6.94. The summed E-state index contributed by atoms with van der Waals surface area (Å²) in [6.07, 6.45) is 10.9. The maximum Gasteiger partial charge on any atom is 0.205 e. The maximum absolute atomic E-state index is 10.8. The van der Waals surface area contributed by atoms with Crippen LogP contribution < -0.4 is 0 Å². The molecule has 1 nitrogen and oxygen atoms in total. The molecule has 0 N–H and O–H groups in total. The third-order valence-corrected chi connectivity index (χ3v) is 3.43. The number of hydrogen-bond donors (Lipinski definition) is 0. The van der Waals surface area contributed by atoms with Gasteiger partial charge in [0.15, 0.2) is 0 Å². The minimum absolute atomic E-state index is 0.0150. The Labute approximate surface area is 68.2 Å². The smallest absolute Gasteiger partial charge is 0.205 e. The van der Waals surface area contributed by atoms with Crippen molar-refractivity contribution in [3.63, 3.8) is 0 Å². The van der Waals surface area contributed by atoms with Crippen LogP contribution in [0.3, 0.4) is 0 Å². The first-order chi connectivity index (χ1) is 5.35. The fourth-order valence-corrected chi connectivity index (χ4v) is 2.83. The van der Waals surface area contributed by atoms with Crippen LogP contribution in [-0.4, -0.2) is 6.29 Å². The lowest BCUT2D eigenvalue weighted by molar-refractivity contribution is 0.137. The Bertz CT molecular complexity index is 152. The molecule has 0 amide bonds. The quantitative estimate of drug-likeness (QED) is 0.562. The van der Waals surface area contributed by atoms with Crippen LogP contribution in [0.25, 0.3) is 0 Å². The number of carbonyl (C=O) groups excluding carboxylic acids is 1. The lowest BCUT2D eigenvalue weighted by atomic mass is 9.63. The van der Waals surface area contributed by atoms with Crippen LogP contribution in [0.4, 0.5) is 0 Å². The van der Waals surface area contributed by atoms with Crippen LogP contribution in [0.5, 0.6) is 0 Å². The zero-order valence-electron chi connectivity index (χ0n) is 6.94. The highest BCUT2D eigenvalue weighted by molar-refractivity contribution is 5.60. The first kappa shape index (κ1) is 7.33. The molecule has 0 aliphatic heterocycles. The molecular weight excluding hydrogens is 136 g/mol. The zero-order chi connectivity index (χ0) is 7.73. The van der Waals surface area contributed by atoms with E-state index in [-0.39, 0.29) is 5.41 Å². The Kier molecular flexibility index (Phi) is 1.74. The second kappa shape index (κ2) is 2.62. The van der Waals surface area contributed by atoms with Gasteiger partial charge in [0.2, 0.25) is 6.29 Å². The Balaban J connectivity index is 2.13. The maximum atomic E-state index is 10.8. The van der Waals surface area contributed by atoms with Crippen LogP contribution in [0.15, 0.2) is 0 Å². The van der Waals surface area contributed by atoms with Gasteiger partial charge in [-0.25, -0.2) is 0 Å². The van der Waals surface area contributed by atoms with Gasteiger partial charge in [0.25, 0.3) is 0 Å². The number of fused-ring (bicyclic) bond motifs is 2. The van der Waals surface area contributed by atoms with E-state index in [0.717, 1.165) is 25.2 Å². The van der Waals surface area contributed by atoms with Crippen LogP contribution in [0.1, 0.15) is 44.9 Å². The van der Waals surface area contributed by atoms with Crippen molar-refractivity contribution in [2.45, 2.75) is 44.9 Å². The molecule has 0 spiro atoms. The van der Waals surface area contributed by atoms with Gasteiger partial charge in [-0.2, -0.15) is 0 Å². The molecule has 2 saturated carbocycles. The van der Waals surface area contributed by atoms with Crippen molar-refractivity contribution in [2.24, 2.45) is 11.3 Å². The van der Waals surface area contributed by atoms with Gasteiger partial charge in [-0.1, -0.05) is 25.7 Å². The topological polar surface area (TPSA) is 17.1 Å². The molecule has 11 heavy (non-hydrogen) atoms. The van der Waals surface area contributed by atoms with E-state index < -0.39 is 0 Å². The summed E-state index contributed by atoms with van der Waals surface area (Å²) >= 11 is 0. The van der Waals surface area contributed by atoms with Crippen molar-refractivity contribution in [3.05, 3.63) is 0 Å². The van der Waals surface area contributed by atoms with Crippen molar-refractivity contribution in [1.82, 2.24) is 0 Å². The van der Waals surface area contributed by atoms with Crippen molar-refractivity contribution in [1.29, 1.82) is 0 Å². The number of rotatable bonds is 1. The molecule has 0 unspecified atom stereocenters. The molecule has 0 heterocycles. The van der Waals surface area contributed by atoms with Gasteiger partial charge in [-0.05, 0) is 25.2 Å². The Morgan fingerprint density at radius 3 is 2.27 bits per heavy atom. The molecule has 2 aliphatic rings. The average molecular weight is 151 g/mol. The predicted octanol–water partition coefficient (Wildman–Crippen LogP) is 2.46. The molecule has 1 radical (unpaired) electrons. The Morgan fingerprint density at radius 1 is 1.18 bits per heavy atom. The van der Waals surface area contributed by atoms with E-state index in [1.54, 1.807) is 0 Å². The molecule has 2 rings (SSSR count). The van der Waals surface area contributed by atoms with Crippen LogP contribution in [0, 0.1) is 11.3 Å². The third-order valence-electron chi connectivity index (χ3n) is 3.43. The van der Waals surface area contributed by atoms with E-state index in [2.05, 4.69) is 6.29 Å². The lowest BCUT2D eigenvalue weighted by Crippen LogP contribution is -2.33. The molecule has 0 saturated heterocycles. The summed E-state index contributed by atoms with van der Waals surface area (Å²) in [6, 6.07) is 0. The van der Waals surface area contributed by atoms with Crippen molar-refractivity contribution >= 4 is 6.29 Å². The van der Waals surface area contributed by atoms with E-state index in [1.807, 2.05) is 0 Å². The molecule has 0 aromatic carbocycles. The van der Waals surface area contributed by atoms with E-state index >= 15 is 0 Å². The van der Waals surface area contributed by atoms with Crippen LogP contribution in [-0.2, 0) is 4.79 Å². The van der Waals surface area contributed by atoms with Crippen molar-refractivity contribution in [2.75, 3.05) is 0 Å². The molecule has 0 aromatic rings. The molecule has 61 valence electrons. The largest absolute Gasteiger partial charge is 0.290 e. The highest BCUT2D eigenvalue weighted by atomic mass is 16.1. The van der Waals surface area contributed by atoms with Crippen LogP contribution >= 0.6 is 0 Å². The van der Waals surface area contributed by atoms with E-state index in [4.69, 9.17) is 0 Å². The summed E-state index contributed by atoms with van der Waals surface area (Å²) in [5.74, 6) is 0.860.